The Labute approximate surface area is 95.2 Å². The van der Waals surface area contributed by atoms with Gasteiger partial charge in [0.25, 0.3) is 0 Å². The van der Waals surface area contributed by atoms with Crippen LogP contribution in [0.15, 0.2) is 0 Å². The molecule has 1 atom stereocenters. The number of hydrogen-bond donors (Lipinski definition) is 1. The van der Waals surface area contributed by atoms with Gasteiger partial charge in [-0.3, -0.25) is 0 Å². The number of piperidine rings is 1. The van der Waals surface area contributed by atoms with Gasteiger partial charge < -0.3 is 10.6 Å². The third-order valence-corrected chi connectivity index (χ3v) is 3.73. The Bertz CT molecular complexity index is 160. The van der Waals surface area contributed by atoms with Gasteiger partial charge in [-0.05, 0) is 44.2 Å². The number of likely N-dealkylation sites (tertiary alicyclic amines) is 1. The van der Waals surface area contributed by atoms with Gasteiger partial charge >= 0.3 is 0 Å². The van der Waals surface area contributed by atoms with Crippen LogP contribution >= 0.6 is 0 Å². The normalized spacial score (nSPS) is 22.2. The molecule has 0 radical (unpaired) electrons. The van der Waals surface area contributed by atoms with Crippen LogP contribution in [0, 0.1) is 11.8 Å². The van der Waals surface area contributed by atoms with E-state index < -0.39 is 0 Å². The van der Waals surface area contributed by atoms with E-state index in [1.807, 2.05) is 0 Å². The van der Waals surface area contributed by atoms with Gasteiger partial charge in [-0.1, -0.05) is 27.2 Å². The molecule has 0 aromatic heterocycles. The minimum absolute atomic E-state index is 0.394. The van der Waals surface area contributed by atoms with Gasteiger partial charge in [0.15, 0.2) is 0 Å². The van der Waals surface area contributed by atoms with Crippen LogP contribution in [0.25, 0.3) is 0 Å². The molecular weight excluding hydrogens is 184 g/mol. The predicted molar refractivity (Wildman–Crippen MR) is 66.9 cm³/mol. The third kappa shape index (κ3) is 4.52. The summed E-state index contributed by atoms with van der Waals surface area (Å²) in [6, 6.07) is 0.394. The summed E-state index contributed by atoms with van der Waals surface area (Å²) >= 11 is 0. The van der Waals surface area contributed by atoms with Crippen LogP contribution in [-0.2, 0) is 0 Å². The van der Waals surface area contributed by atoms with E-state index in [-0.39, 0.29) is 0 Å². The molecule has 2 heteroatoms. The van der Waals surface area contributed by atoms with Crippen LogP contribution in [-0.4, -0.2) is 30.6 Å². The van der Waals surface area contributed by atoms with Crippen LogP contribution in [0.3, 0.4) is 0 Å². The first-order valence-electron chi connectivity index (χ1n) is 6.61. The molecule has 2 N–H and O–H groups in total. The highest BCUT2D eigenvalue weighted by atomic mass is 15.1. The summed E-state index contributed by atoms with van der Waals surface area (Å²) in [5.41, 5.74) is 6.07. The van der Waals surface area contributed by atoms with Crippen molar-refractivity contribution in [3.8, 4) is 0 Å². The van der Waals surface area contributed by atoms with Gasteiger partial charge in [0.2, 0.25) is 0 Å². The summed E-state index contributed by atoms with van der Waals surface area (Å²) < 4.78 is 0. The Hall–Kier alpha value is -0.0800. The van der Waals surface area contributed by atoms with Crippen molar-refractivity contribution in [2.45, 2.75) is 52.5 Å². The minimum atomic E-state index is 0.394. The molecule has 1 unspecified atom stereocenters. The summed E-state index contributed by atoms with van der Waals surface area (Å²) in [6.07, 6.45) is 5.13. The van der Waals surface area contributed by atoms with Crippen molar-refractivity contribution < 1.29 is 0 Å². The Morgan fingerprint density at radius 3 is 2.33 bits per heavy atom. The maximum Gasteiger partial charge on any atom is 0.0167 e. The molecule has 0 aromatic rings. The maximum absolute atomic E-state index is 6.07. The molecule has 0 spiro atoms. The van der Waals surface area contributed by atoms with Crippen LogP contribution in [0.5, 0.6) is 0 Å². The molecule has 1 saturated heterocycles. The van der Waals surface area contributed by atoms with E-state index in [9.17, 15) is 0 Å². The Morgan fingerprint density at radius 2 is 1.87 bits per heavy atom. The van der Waals surface area contributed by atoms with Gasteiger partial charge in [0.1, 0.15) is 0 Å². The first-order chi connectivity index (χ1) is 7.13. The standard InChI is InChI=1S/C13H28N2/c1-4-5-13(14)10-15-8-6-12(7-9-15)11(2)3/h11-13H,4-10,14H2,1-3H3. The average Bonchev–Trinajstić information content (AvgIpc) is 2.18. The van der Waals surface area contributed by atoms with Crippen molar-refractivity contribution in [2.75, 3.05) is 19.6 Å². The highest BCUT2D eigenvalue weighted by Crippen LogP contribution is 2.24. The van der Waals surface area contributed by atoms with Gasteiger partial charge in [0.05, 0.1) is 0 Å². The van der Waals surface area contributed by atoms with Crippen LogP contribution < -0.4 is 5.73 Å². The van der Waals surface area contributed by atoms with E-state index >= 15 is 0 Å². The van der Waals surface area contributed by atoms with E-state index in [0.717, 1.165) is 18.4 Å². The van der Waals surface area contributed by atoms with E-state index in [0.29, 0.717) is 6.04 Å². The summed E-state index contributed by atoms with van der Waals surface area (Å²) in [6.45, 7) is 10.6. The fraction of sp³-hybridized carbons (Fsp3) is 1.00. The van der Waals surface area contributed by atoms with E-state index in [1.54, 1.807) is 0 Å². The second-order valence-electron chi connectivity index (χ2n) is 5.43. The SMILES string of the molecule is CCCC(N)CN1CCC(C(C)C)CC1. The lowest BCUT2D eigenvalue weighted by Crippen LogP contribution is -2.42. The fourth-order valence-corrected chi connectivity index (χ4v) is 2.60. The summed E-state index contributed by atoms with van der Waals surface area (Å²) in [4.78, 5) is 2.55. The zero-order valence-electron chi connectivity index (χ0n) is 10.7. The van der Waals surface area contributed by atoms with Crippen LogP contribution in [0.4, 0.5) is 0 Å². The lowest BCUT2D eigenvalue weighted by Gasteiger charge is -2.35. The Morgan fingerprint density at radius 1 is 1.27 bits per heavy atom. The van der Waals surface area contributed by atoms with E-state index in [2.05, 4.69) is 25.7 Å². The highest BCUT2D eigenvalue weighted by molar-refractivity contribution is 4.76. The molecular formula is C13H28N2. The van der Waals surface area contributed by atoms with Crippen LogP contribution in [0.1, 0.15) is 46.5 Å². The van der Waals surface area contributed by atoms with Crippen molar-refractivity contribution in [2.24, 2.45) is 17.6 Å². The van der Waals surface area contributed by atoms with Crippen molar-refractivity contribution in [3.63, 3.8) is 0 Å². The molecule has 1 aliphatic heterocycles. The molecule has 0 aromatic carbocycles. The monoisotopic (exact) mass is 212 g/mol. The first kappa shape index (κ1) is 13.0. The summed E-state index contributed by atoms with van der Waals surface area (Å²) in [7, 11) is 0. The summed E-state index contributed by atoms with van der Waals surface area (Å²) in [5, 5.41) is 0. The third-order valence-electron chi connectivity index (χ3n) is 3.73. The molecule has 2 nitrogen and oxygen atoms in total. The molecule has 0 aliphatic carbocycles. The molecule has 0 saturated carbocycles. The highest BCUT2D eigenvalue weighted by Gasteiger charge is 2.22. The van der Waals surface area contributed by atoms with Crippen molar-refractivity contribution in [1.29, 1.82) is 0 Å². The fourth-order valence-electron chi connectivity index (χ4n) is 2.60. The largest absolute Gasteiger partial charge is 0.327 e. The van der Waals surface area contributed by atoms with Gasteiger partial charge in [-0.2, -0.15) is 0 Å². The second-order valence-corrected chi connectivity index (χ2v) is 5.43. The molecule has 1 rings (SSSR count). The molecule has 15 heavy (non-hydrogen) atoms. The zero-order chi connectivity index (χ0) is 11.3. The van der Waals surface area contributed by atoms with Gasteiger partial charge in [-0.15, -0.1) is 0 Å². The van der Waals surface area contributed by atoms with E-state index in [1.165, 1.54) is 38.8 Å². The molecule has 0 bridgehead atoms. The number of hydrogen-bond acceptors (Lipinski definition) is 2. The smallest absolute Gasteiger partial charge is 0.0167 e. The molecule has 0 amide bonds. The Balaban J connectivity index is 2.19. The van der Waals surface area contributed by atoms with Gasteiger partial charge in [-0.25, -0.2) is 0 Å². The Kier molecular flexibility index (Phi) is 5.62. The van der Waals surface area contributed by atoms with Crippen molar-refractivity contribution in [1.82, 2.24) is 4.90 Å². The minimum Gasteiger partial charge on any atom is -0.327 e. The lowest BCUT2D eigenvalue weighted by atomic mass is 9.86. The van der Waals surface area contributed by atoms with Crippen LogP contribution in [0.2, 0.25) is 0 Å². The summed E-state index contributed by atoms with van der Waals surface area (Å²) in [5.74, 6) is 1.81. The molecule has 1 fully saturated rings. The number of nitrogens with zero attached hydrogens (tertiary/aromatic N) is 1. The van der Waals surface area contributed by atoms with Crippen molar-refractivity contribution >= 4 is 0 Å². The zero-order valence-corrected chi connectivity index (χ0v) is 10.7. The topological polar surface area (TPSA) is 29.3 Å². The van der Waals surface area contributed by atoms with Crippen molar-refractivity contribution in [3.05, 3.63) is 0 Å². The molecule has 90 valence electrons. The number of rotatable bonds is 5. The lowest BCUT2D eigenvalue weighted by molar-refractivity contribution is 0.149. The average molecular weight is 212 g/mol. The quantitative estimate of drug-likeness (QED) is 0.758. The van der Waals surface area contributed by atoms with E-state index in [4.69, 9.17) is 5.73 Å². The molecule has 1 heterocycles. The predicted octanol–water partition coefficient (Wildman–Crippen LogP) is 2.48. The van der Waals surface area contributed by atoms with Gasteiger partial charge in [0, 0.05) is 12.6 Å². The maximum atomic E-state index is 6.07. The second kappa shape index (κ2) is 6.49. The molecule has 1 aliphatic rings. The first-order valence-corrected chi connectivity index (χ1v) is 6.61. The number of nitrogens with two attached hydrogens (primary N) is 1.